The van der Waals surface area contributed by atoms with Crippen LogP contribution in [0.2, 0.25) is 0 Å². The van der Waals surface area contributed by atoms with Crippen LogP contribution in [0.1, 0.15) is 12.5 Å². The molecule has 0 bridgehead atoms. The number of ether oxygens (including phenoxy) is 1. The highest BCUT2D eigenvalue weighted by Crippen LogP contribution is 2.25. The van der Waals surface area contributed by atoms with Crippen LogP contribution in [-0.2, 0) is 19.6 Å². The second-order valence-corrected chi connectivity index (χ2v) is 9.94. The molecule has 1 amide bonds. The van der Waals surface area contributed by atoms with E-state index in [1.54, 1.807) is 25.1 Å². The van der Waals surface area contributed by atoms with E-state index in [1.807, 2.05) is 18.7 Å². The van der Waals surface area contributed by atoms with E-state index < -0.39 is 10.0 Å². The maximum absolute atomic E-state index is 13.0. The van der Waals surface area contributed by atoms with Crippen LogP contribution in [0, 0.1) is 6.92 Å². The molecule has 9 heteroatoms. The second kappa shape index (κ2) is 8.91. The quantitative estimate of drug-likeness (QED) is 0.786. The van der Waals surface area contributed by atoms with E-state index in [1.165, 1.54) is 4.31 Å². The third-order valence-corrected chi connectivity index (χ3v) is 8.00. The van der Waals surface area contributed by atoms with Crippen molar-refractivity contribution in [1.29, 1.82) is 0 Å². The zero-order valence-corrected chi connectivity index (χ0v) is 17.4. The summed E-state index contributed by atoms with van der Waals surface area (Å²) in [6, 6.07) is 4.82. The van der Waals surface area contributed by atoms with Gasteiger partial charge < -0.3 is 10.1 Å². The summed E-state index contributed by atoms with van der Waals surface area (Å²) < 4.78 is 32.6. The first-order valence-corrected chi connectivity index (χ1v) is 11.8. The number of morpholine rings is 1. The molecular formula is C18H27N3O4S2. The lowest BCUT2D eigenvalue weighted by Gasteiger charge is -2.31. The maximum Gasteiger partial charge on any atom is 0.243 e. The topological polar surface area (TPSA) is 79.0 Å². The van der Waals surface area contributed by atoms with Crippen LogP contribution >= 0.6 is 11.8 Å². The van der Waals surface area contributed by atoms with Gasteiger partial charge in [0.1, 0.15) is 0 Å². The Kier molecular flexibility index (Phi) is 6.80. The number of hydrogen-bond donors (Lipinski definition) is 1. The molecule has 2 aliphatic rings. The molecular weight excluding hydrogens is 386 g/mol. The highest BCUT2D eigenvalue weighted by Gasteiger charge is 2.28. The molecule has 1 aromatic carbocycles. The van der Waals surface area contributed by atoms with E-state index in [-0.39, 0.29) is 16.8 Å². The molecule has 0 radical (unpaired) electrons. The Labute approximate surface area is 165 Å². The molecule has 0 aromatic heterocycles. The molecule has 0 saturated carbocycles. The summed E-state index contributed by atoms with van der Waals surface area (Å²) in [6.07, 6.45) is 0. The minimum absolute atomic E-state index is 0.111. The molecule has 1 atom stereocenters. The van der Waals surface area contributed by atoms with Crippen LogP contribution in [-0.4, -0.2) is 80.5 Å². The van der Waals surface area contributed by atoms with Gasteiger partial charge in [-0.05, 0) is 31.5 Å². The fourth-order valence-electron chi connectivity index (χ4n) is 3.26. The van der Waals surface area contributed by atoms with Gasteiger partial charge in [-0.25, -0.2) is 8.42 Å². The number of nitrogens with zero attached hydrogens (tertiary/aromatic N) is 2. The summed E-state index contributed by atoms with van der Waals surface area (Å²) in [5, 5.41) is 2.89. The van der Waals surface area contributed by atoms with Gasteiger partial charge in [-0.3, -0.25) is 9.69 Å². The first-order chi connectivity index (χ1) is 12.9. The van der Waals surface area contributed by atoms with E-state index in [9.17, 15) is 13.2 Å². The van der Waals surface area contributed by atoms with Crippen molar-refractivity contribution in [3.8, 4) is 0 Å². The van der Waals surface area contributed by atoms with Crippen LogP contribution in [0.15, 0.2) is 23.1 Å². The van der Waals surface area contributed by atoms with Gasteiger partial charge in [-0.1, -0.05) is 6.07 Å². The molecule has 2 heterocycles. The lowest BCUT2D eigenvalue weighted by molar-refractivity contribution is -0.120. The molecule has 1 aromatic rings. The van der Waals surface area contributed by atoms with Crippen LogP contribution in [0.25, 0.3) is 0 Å². The van der Waals surface area contributed by atoms with Gasteiger partial charge in [0.2, 0.25) is 15.9 Å². The van der Waals surface area contributed by atoms with Gasteiger partial charge in [0, 0.05) is 43.4 Å². The van der Waals surface area contributed by atoms with E-state index in [0.29, 0.717) is 37.6 Å². The predicted molar refractivity (Wildman–Crippen MR) is 108 cm³/mol. The molecule has 1 unspecified atom stereocenters. The van der Waals surface area contributed by atoms with Crippen molar-refractivity contribution in [2.45, 2.75) is 24.8 Å². The summed E-state index contributed by atoms with van der Waals surface area (Å²) in [4.78, 5) is 15.0. The number of rotatable bonds is 5. The highest BCUT2D eigenvalue weighted by molar-refractivity contribution is 7.99. The highest BCUT2D eigenvalue weighted by atomic mass is 32.2. The van der Waals surface area contributed by atoms with Crippen molar-refractivity contribution in [3.63, 3.8) is 0 Å². The Balaban J connectivity index is 1.75. The fraction of sp³-hybridized carbons (Fsp3) is 0.611. The van der Waals surface area contributed by atoms with Crippen LogP contribution in [0.5, 0.6) is 0 Å². The number of benzene rings is 1. The lowest BCUT2D eigenvalue weighted by Crippen LogP contribution is -2.46. The first kappa shape index (κ1) is 20.6. The van der Waals surface area contributed by atoms with Gasteiger partial charge in [-0.15, -0.1) is 0 Å². The normalized spacial score (nSPS) is 21.0. The molecule has 1 N–H and O–H groups in total. The smallest absolute Gasteiger partial charge is 0.243 e. The zero-order valence-electron chi connectivity index (χ0n) is 15.8. The Morgan fingerprint density at radius 2 is 1.85 bits per heavy atom. The molecule has 7 nitrogen and oxygen atoms in total. The van der Waals surface area contributed by atoms with Crippen LogP contribution in [0.4, 0.5) is 5.69 Å². The average molecular weight is 414 g/mol. The van der Waals surface area contributed by atoms with E-state index in [2.05, 4.69) is 10.2 Å². The van der Waals surface area contributed by atoms with E-state index in [4.69, 9.17) is 4.74 Å². The Hall–Kier alpha value is -1.13. The number of sulfonamides is 1. The fourth-order valence-corrected chi connectivity index (χ4v) is 5.85. The van der Waals surface area contributed by atoms with Crippen molar-refractivity contribution >= 4 is 33.4 Å². The molecule has 27 heavy (non-hydrogen) atoms. The Morgan fingerprint density at radius 3 is 2.52 bits per heavy atom. The summed E-state index contributed by atoms with van der Waals surface area (Å²) >= 11 is 1.90. The summed E-state index contributed by atoms with van der Waals surface area (Å²) in [6.45, 7) is 6.96. The van der Waals surface area contributed by atoms with Crippen molar-refractivity contribution in [3.05, 3.63) is 23.8 Å². The third-order valence-electron chi connectivity index (χ3n) is 5.02. The van der Waals surface area contributed by atoms with Crippen LogP contribution < -0.4 is 5.32 Å². The maximum atomic E-state index is 13.0. The molecule has 2 fully saturated rings. The van der Waals surface area contributed by atoms with Gasteiger partial charge in [0.25, 0.3) is 0 Å². The molecule has 0 aliphatic carbocycles. The van der Waals surface area contributed by atoms with Crippen molar-refractivity contribution in [2.75, 3.05) is 56.2 Å². The number of nitrogens with one attached hydrogen (secondary N) is 1. The first-order valence-electron chi connectivity index (χ1n) is 9.21. The lowest BCUT2D eigenvalue weighted by atomic mass is 10.2. The van der Waals surface area contributed by atoms with E-state index in [0.717, 1.165) is 24.6 Å². The standard InChI is InChI=1S/C18H27N3O4S2/c1-14-3-4-16(19-18(22)15(2)20-7-11-26-12-8-20)13-17(14)27(23,24)21-5-9-25-10-6-21/h3-4,13,15H,5-12H2,1-2H3,(H,19,22). The van der Waals surface area contributed by atoms with Crippen molar-refractivity contribution in [1.82, 2.24) is 9.21 Å². The molecule has 150 valence electrons. The van der Waals surface area contributed by atoms with Gasteiger partial charge in [-0.2, -0.15) is 16.1 Å². The average Bonchev–Trinajstić information content (AvgIpc) is 2.70. The monoisotopic (exact) mass is 413 g/mol. The number of aryl methyl sites for hydroxylation is 1. The Bertz CT molecular complexity index is 773. The minimum Gasteiger partial charge on any atom is -0.379 e. The summed E-state index contributed by atoms with van der Waals surface area (Å²) in [7, 11) is -3.60. The number of hydrogen-bond acceptors (Lipinski definition) is 6. The zero-order chi connectivity index (χ0) is 19.4. The van der Waals surface area contributed by atoms with Gasteiger partial charge in [0.05, 0.1) is 24.2 Å². The number of amides is 1. The summed E-state index contributed by atoms with van der Waals surface area (Å²) in [5.74, 6) is 1.95. The molecule has 2 saturated heterocycles. The number of carbonyl (C=O) groups excluding carboxylic acids is 1. The molecule has 2 aliphatic heterocycles. The van der Waals surface area contributed by atoms with Crippen molar-refractivity contribution < 1.29 is 17.9 Å². The largest absolute Gasteiger partial charge is 0.379 e. The SMILES string of the molecule is Cc1ccc(NC(=O)C(C)N2CCSCC2)cc1S(=O)(=O)N1CCOCC1. The van der Waals surface area contributed by atoms with E-state index >= 15 is 0 Å². The van der Waals surface area contributed by atoms with Crippen LogP contribution in [0.3, 0.4) is 0 Å². The second-order valence-electron chi connectivity index (χ2n) is 6.81. The number of anilines is 1. The number of thioether (sulfide) groups is 1. The van der Waals surface area contributed by atoms with Crippen molar-refractivity contribution in [2.24, 2.45) is 0 Å². The molecule has 0 spiro atoms. The predicted octanol–water partition coefficient (Wildman–Crippen LogP) is 1.39. The summed E-state index contributed by atoms with van der Waals surface area (Å²) in [5.41, 5.74) is 1.18. The van der Waals surface area contributed by atoms with Gasteiger partial charge in [0.15, 0.2) is 0 Å². The van der Waals surface area contributed by atoms with Gasteiger partial charge >= 0.3 is 0 Å². The number of carbonyl (C=O) groups is 1. The third kappa shape index (κ3) is 4.83. The molecule has 3 rings (SSSR count). The minimum atomic E-state index is -3.60. The Morgan fingerprint density at radius 1 is 1.19 bits per heavy atom.